The topological polar surface area (TPSA) is 75.3 Å². The van der Waals surface area contributed by atoms with Crippen LogP contribution in [0.4, 0.5) is 11.4 Å². The van der Waals surface area contributed by atoms with Gasteiger partial charge in [0.15, 0.2) is 0 Å². The van der Waals surface area contributed by atoms with Crippen LogP contribution in [0.25, 0.3) is 0 Å². The van der Waals surface area contributed by atoms with E-state index in [1.54, 1.807) is 18.2 Å². The van der Waals surface area contributed by atoms with Crippen molar-refractivity contribution in [1.82, 2.24) is 0 Å². The van der Waals surface area contributed by atoms with E-state index in [0.29, 0.717) is 16.9 Å². The first-order valence-corrected chi connectivity index (χ1v) is 9.73. The zero-order chi connectivity index (χ0) is 17.3. The summed E-state index contributed by atoms with van der Waals surface area (Å²) in [5.41, 5.74) is 4.88. The van der Waals surface area contributed by atoms with Crippen molar-refractivity contribution in [3.05, 3.63) is 58.7 Å². The van der Waals surface area contributed by atoms with E-state index >= 15 is 0 Å². The number of carbonyl (C=O) groups is 1. The highest BCUT2D eigenvalue weighted by molar-refractivity contribution is 7.92. The molecule has 126 valence electrons. The average Bonchev–Trinajstić information content (AvgIpc) is 2.97. The van der Waals surface area contributed by atoms with Crippen molar-refractivity contribution in [3.8, 4) is 0 Å². The van der Waals surface area contributed by atoms with Crippen molar-refractivity contribution in [1.29, 1.82) is 0 Å². The van der Waals surface area contributed by atoms with Crippen LogP contribution in [-0.4, -0.2) is 20.6 Å². The van der Waals surface area contributed by atoms with Crippen LogP contribution in [0.15, 0.2) is 36.4 Å². The minimum atomic E-state index is -3.37. The number of anilines is 2. The summed E-state index contributed by atoms with van der Waals surface area (Å²) in [7, 11) is -3.37. The van der Waals surface area contributed by atoms with Crippen molar-refractivity contribution in [2.75, 3.05) is 16.3 Å². The summed E-state index contributed by atoms with van der Waals surface area (Å²) in [6.45, 7) is 1.81. The Labute approximate surface area is 142 Å². The molecule has 0 bridgehead atoms. The fourth-order valence-electron chi connectivity index (χ4n) is 3.04. The molecule has 0 atom stereocenters. The van der Waals surface area contributed by atoms with Gasteiger partial charge < -0.3 is 5.32 Å². The predicted octanol–water partition coefficient (Wildman–Crippen LogP) is 3.11. The standard InChI is InChI=1S/C18H20N2O3S/c1-12-9-10-14(11-17(12)20-24(2,22)23)19-18(21)16-8-4-6-13-5-3-7-15(13)16/h4,6,8-11,20H,3,5,7H2,1-2H3,(H,19,21). The molecule has 1 amide bonds. The van der Waals surface area contributed by atoms with Crippen molar-refractivity contribution in [2.45, 2.75) is 26.2 Å². The molecule has 0 aromatic heterocycles. The average molecular weight is 344 g/mol. The molecule has 2 aromatic carbocycles. The van der Waals surface area contributed by atoms with Gasteiger partial charge in [-0.25, -0.2) is 8.42 Å². The molecular formula is C18H20N2O3S. The van der Waals surface area contributed by atoms with Crippen LogP contribution < -0.4 is 10.0 Å². The summed E-state index contributed by atoms with van der Waals surface area (Å²) in [5.74, 6) is -0.164. The molecule has 3 rings (SSSR count). The van der Waals surface area contributed by atoms with Gasteiger partial charge in [-0.2, -0.15) is 0 Å². The molecule has 0 spiro atoms. The van der Waals surface area contributed by atoms with E-state index in [-0.39, 0.29) is 5.91 Å². The highest BCUT2D eigenvalue weighted by Crippen LogP contribution is 2.27. The summed E-state index contributed by atoms with van der Waals surface area (Å²) in [4.78, 5) is 12.6. The summed E-state index contributed by atoms with van der Waals surface area (Å²) >= 11 is 0. The number of fused-ring (bicyclic) bond motifs is 1. The quantitative estimate of drug-likeness (QED) is 0.895. The van der Waals surface area contributed by atoms with Gasteiger partial charge in [0.25, 0.3) is 5.91 Å². The van der Waals surface area contributed by atoms with Gasteiger partial charge in [-0.1, -0.05) is 18.2 Å². The van der Waals surface area contributed by atoms with Crippen LogP contribution in [0.2, 0.25) is 0 Å². The number of nitrogens with one attached hydrogen (secondary N) is 2. The number of amides is 1. The SMILES string of the molecule is Cc1ccc(NC(=O)c2cccc3c2CCC3)cc1NS(C)(=O)=O. The van der Waals surface area contributed by atoms with Crippen LogP contribution in [-0.2, 0) is 22.9 Å². The molecule has 24 heavy (non-hydrogen) atoms. The second-order valence-corrected chi connectivity index (χ2v) is 7.90. The van der Waals surface area contributed by atoms with Gasteiger partial charge in [0.1, 0.15) is 0 Å². The summed E-state index contributed by atoms with van der Waals surface area (Å²) in [6, 6.07) is 11.0. The second kappa shape index (κ2) is 6.28. The van der Waals surface area contributed by atoms with Crippen molar-refractivity contribution in [3.63, 3.8) is 0 Å². The van der Waals surface area contributed by atoms with Gasteiger partial charge in [-0.05, 0) is 61.1 Å². The summed E-state index contributed by atoms with van der Waals surface area (Å²) in [5, 5.41) is 2.87. The molecule has 5 nitrogen and oxygen atoms in total. The second-order valence-electron chi connectivity index (χ2n) is 6.15. The third kappa shape index (κ3) is 3.59. The van der Waals surface area contributed by atoms with Crippen LogP contribution in [0.1, 0.15) is 33.5 Å². The Morgan fingerprint density at radius 2 is 1.92 bits per heavy atom. The Kier molecular flexibility index (Phi) is 4.32. The van der Waals surface area contributed by atoms with Crippen molar-refractivity contribution < 1.29 is 13.2 Å². The number of carbonyl (C=O) groups excluding carboxylic acids is 1. The molecule has 0 saturated heterocycles. The molecular weight excluding hydrogens is 324 g/mol. The van der Waals surface area contributed by atoms with Crippen molar-refractivity contribution >= 4 is 27.3 Å². The zero-order valence-electron chi connectivity index (χ0n) is 13.7. The number of rotatable bonds is 4. The normalized spacial score (nSPS) is 13.4. The van der Waals surface area contributed by atoms with E-state index < -0.39 is 10.0 Å². The maximum Gasteiger partial charge on any atom is 0.255 e. The minimum Gasteiger partial charge on any atom is -0.322 e. The number of sulfonamides is 1. The van der Waals surface area contributed by atoms with E-state index in [1.807, 2.05) is 19.1 Å². The highest BCUT2D eigenvalue weighted by Gasteiger charge is 2.19. The van der Waals surface area contributed by atoms with Crippen LogP contribution in [0, 0.1) is 6.92 Å². The first kappa shape index (κ1) is 16.5. The third-order valence-corrected chi connectivity index (χ3v) is 4.77. The predicted molar refractivity (Wildman–Crippen MR) is 96.1 cm³/mol. The highest BCUT2D eigenvalue weighted by atomic mass is 32.2. The lowest BCUT2D eigenvalue weighted by molar-refractivity contribution is 0.102. The molecule has 0 saturated carbocycles. The first-order valence-electron chi connectivity index (χ1n) is 7.84. The lowest BCUT2D eigenvalue weighted by Gasteiger charge is -2.12. The zero-order valence-corrected chi connectivity index (χ0v) is 14.5. The molecule has 0 heterocycles. The Balaban J connectivity index is 1.85. The van der Waals surface area contributed by atoms with Crippen LogP contribution >= 0.6 is 0 Å². The molecule has 0 unspecified atom stereocenters. The largest absolute Gasteiger partial charge is 0.322 e. The number of aryl methyl sites for hydroxylation is 2. The number of hydrogen-bond donors (Lipinski definition) is 2. The van der Waals surface area contributed by atoms with Gasteiger partial charge >= 0.3 is 0 Å². The van der Waals surface area contributed by atoms with E-state index in [2.05, 4.69) is 16.1 Å². The molecule has 6 heteroatoms. The number of hydrogen-bond acceptors (Lipinski definition) is 3. The van der Waals surface area contributed by atoms with Gasteiger partial charge in [-0.15, -0.1) is 0 Å². The Morgan fingerprint density at radius 3 is 2.67 bits per heavy atom. The third-order valence-electron chi connectivity index (χ3n) is 4.18. The number of benzene rings is 2. The van der Waals surface area contributed by atoms with E-state index in [1.165, 1.54) is 5.56 Å². The molecule has 1 aliphatic rings. The molecule has 1 aliphatic carbocycles. The maximum atomic E-state index is 12.6. The summed E-state index contributed by atoms with van der Waals surface area (Å²) in [6.07, 6.45) is 4.12. The first-order chi connectivity index (χ1) is 11.3. The van der Waals surface area contributed by atoms with E-state index in [0.717, 1.165) is 36.6 Å². The lowest BCUT2D eigenvalue weighted by atomic mass is 10.0. The monoisotopic (exact) mass is 344 g/mol. The minimum absolute atomic E-state index is 0.164. The van der Waals surface area contributed by atoms with Crippen LogP contribution in [0.5, 0.6) is 0 Å². The maximum absolute atomic E-state index is 12.6. The van der Waals surface area contributed by atoms with E-state index in [4.69, 9.17) is 0 Å². The lowest BCUT2D eigenvalue weighted by Crippen LogP contribution is -2.15. The van der Waals surface area contributed by atoms with Gasteiger partial charge in [-0.3, -0.25) is 9.52 Å². The van der Waals surface area contributed by atoms with Gasteiger partial charge in [0, 0.05) is 11.3 Å². The van der Waals surface area contributed by atoms with Crippen molar-refractivity contribution in [2.24, 2.45) is 0 Å². The van der Waals surface area contributed by atoms with E-state index in [9.17, 15) is 13.2 Å². The molecule has 0 aliphatic heterocycles. The molecule has 0 radical (unpaired) electrons. The summed E-state index contributed by atoms with van der Waals surface area (Å²) < 4.78 is 25.3. The Morgan fingerprint density at radius 1 is 1.12 bits per heavy atom. The fourth-order valence-corrected chi connectivity index (χ4v) is 3.66. The van der Waals surface area contributed by atoms with Gasteiger partial charge in [0.05, 0.1) is 11.9 Å². The van der Waals surface area contributed by atoms with Gasteiger partial charge in [0.2, 0.25) is 10.0 Å². The Bertz CT molecular complexity index is 904. The molecule has 2 aromatic rings. The molecule has 0 fully saturated rings. The Hall–Kier alpha value is -2.34. The fraction of sp³-hybridized carbons (Fsp3) is 0.278. The smallest absolute Gasteiger partial charge is 0.255 e. The molecule has 2 N–H and O–H groups in total. The van der Waals surface area contributed by atoms with Crippen LogP contribution in [0.3, 0.4) is 0 Å².